The van der Waals surface area contributed by atoms with Gasteiger partial charge in [0.25, 0.3) is 11.8 Å². The number of anilines is 1. The van der Waals surface area contributed by atoms with Gasteiger partial charge in [-0.1, -0.05) is 55.5 Å². The molecule has 9 heteroatoms. The van der Waals surface area contributed by atoms with E-state index in [2.05, 4.69) is 10.6 Å². The van der Waals surface area contributed by atoms with Crippen molar-refractivity contribution in [1.82, 2.24) is 5.32 Å². The van der Waals surface area contributed by atoms with Crippen LogP contribution in [0.4, 0.5) is 5.69 Å². The Labute approximate surface area is 239 Å². The van der Waals surface area contributed by atoms with Crippen LogP contribution in [-0.2, 0) is 9.36 Å². The summed E-state index contributed by atoms with van der Waals surface area (Å²) in [4.78, 5) is 25.7. The number of aliphatic hydroxyl groups is 1. The predicted molar refractivity (Wildman–Crippen MR) is 161 cm³/mol. The molecule has 0 spiro atoms. The maximum atomic E-state index is 14.5. The molecule has 212 valence electrons. The van der Waals surface area contributed by atoms with E-state index in [-0.39, 0.29) is 24.0 Å². The molecule has 2 amide bonds. The van der Waals surface area contributed by atoms with E-state index in [9.17, 15) is 19.3 Å². The molecule has 0 heterocycles. The zero-order valence-electron chi connectivity index (χ0n) is 22.9. The number of rotatable bonds is 12. The molecule has 4 aromatic carbocycles. The molecule has 0 aliphatic heterocycles. The van der Waals surface area contributed by atoms with Crippen molar-refractivity contribution in [3.05, 3.63) is 114 Å². The summed E-state index contributed by atoms with van der Waals surface area (Å²) in [5.74, 6) is -0.221. The summed E-state index contributed by atoms with van der Waals surface area (Å²) >= 11 is 0. The highest BCUT2D eigenvalue weighted by Crippen LogP contribution is 2.47. The van der Waals surface area contributed by atoms with Gasteiger partial charge in [0.15, 0.2) is 12.4 Å². The maximum Gasteiger partial charge on any atom is 0.306 e. The van der Waals surface area contributed by atoms with Gasteiger partial charge in [0.2, 0.25) is 0 Å². The second kappa shape index (κ2) is 13.8. The first-order valence-electron chi connectivity index (χ1n) is 13.3. The summed E-state index contributed by atoms with van der Waals surface area (Å²) in [5, 5.41) is 16.2. The Morgan fingerprint density at radius 1 is 0.878 bits per heavy atom. The summed E-state index contributed by atoms with van der Waals surface area (Å²) in [7, 11) is -3.65. The number of hydrogen-bond donors (Lipinski definition) is 3. The highest BCUT2D eigenvalue weighted by molar-refractivity contribution is 7.74. The number of aliphatic hydroxyl groups excluding tert-OH is 1. The van der Waals surface area contributed by atoms with Crippen LogP contribution < -0.4 is 30.5 Å². The predicted octanol–water partition coefficient (Wildman–Crippen LogP) is 5.21. The second-order valence-electron chi connectivity index (χ2n) is 9.36. The molecule has 3 N–H and O–H groups in total. The summed E-state index contributed by atoms with van der Waals surface area (Å²) in [6, 6.07) is 29.1. The van der Waals surface area contributed by atoms with Gasteiger partial charge in [0.1, 0.15) is 5.75 Å². The number of carbonyl (C=O) groups excluding carboxylic acids is 2. The van der Waals surface area contributed by atoms with Gasteiger partial charge in [-0.15, -0.1) is 0 Å². The molecule has 0 aliphatic carbocycles. The summed E-state index contributed by atoms with van der Waals surface area (Å²) in [5.41, 5.74) is 1.22. The molecule has 1 unspecified atom stereocenters. The molecule has 0 aromatic heterocycles. The Hall–Kier alpha value is -4.39. The maximum absolute atomic E-state index is 14.5. The van der Waals surface area contributed by atoms with E-state index in [1.165, 1.54) is 12.1 Å². The van der Waals surface area contributed by atoms with Gasteiger partial charge in [0, 0.05) is 12.1 Å². The van der Waals surface area contributed by atoms with Crippen molar-refractivity contribution in [2.75, 3.05) is 18.5 Å². The fourth-order valence-corrected chi connectivity index (χ4v) is 6.08. The smallest absolute Gasteiger partial charge is 0.306 e. The van der Waals surface area contributed by atoms with Gasteiger partial charge in [-0.3, -0.25) is 14.2 Å². The minimum absolute atomic E-state index is 0.141. The molecule has 8 nitrogen and oxygen atoms in total. The van der Waals surface area contributed by atoms with Crippen LogP contribution in [0, 0.1) is 0 Å². The SMILES string of the molecule is CCCNC(=O)c1ccc(OP(=O)(c2ccccc2)c2ccccc2)c(NC(=O)COc2ccc(C(C)O)cc2)c1. The van der Waals surface area contributed by atoms with E-state index in [0.29, 0.717) is 28.5 Å². The summed E-state index contributed by atoms with van der Waals surface area (Å²) in [6.07, 6.45) is 0.152. The molecule has 0 bridgehead atoms. The zero-order valence-corrected chi connectivity index (χ0v) is 23.8. The first kappa shape index (κ1) is 29.6. The average Bonchev–Trinajstić information content (AvgIpc) is 3.00. The Kier molecular flexibility index (Phi) is 9.95. The quantitative estimate of drug-likeness (QED) is 0.201. The topological polar surface area (TPSA) is 114 Å². The standard InChI is InChI=1S/C32H33N2O6P/c1-3-20-33-32(37)25-16-19-30(40-41(38,27-10-6-4-7-11-27)28-12-8-5-9-13-28)29(21-25)34-31(36)22-39-26-17-14-24(15-18-26)23(2)35/h4-19,21,23,35H,3,20,22H2,1-2H3,(H,33,37)(H,34,36). The lowest BCUT2D eigenvalue weighted by Crippen LogP contribution is -2.25. The van der Waals surface area contributed by atoms with E-state index >= 15 is 0 Å². The lowest BCUT2D eigenvalue weighted by atomic mass is 10.1. The third kappa shape index (κ3) is 7.63. The molecule has 41 heavy (non-hydrogen) atoms. The van der Waals surface area contributed by atoms with Gasteiger partial charge in [-0.2, -0.15) is 0 Å². The van der Waals surface area contributed by atoms with Gasteiger partial charge in [-0.25, -0.2) is 0 Å². The molecule has 0 aliphatic rings. The van der Waals surface area contributed by atoms with Crippen LogP contribution in [0.3, 0.4) is 0 Å². The van der Waals surface area contributed by atoms with Crippen LogP contribution in [0.25, 0.3) is 0 Å². The van der Waals surface area contributed by atoms with Gasteiger partial charge < -0.3 is 25.0 Å². The second-order valence-corrected chi connectivity index (χ2v) is 11.7. The largest absolute Gasteiger partial charge is 0.484 e. The normalized spacial score (nSPS) is 11.8. The number of nitrogens with one attached hydrogen (secondary N) is 2. The van der Waals surface area contributed by atoms with Crippen molar-refractivity contribution in [2.45, 2.75) is 26.4 Å². The first-order chi connectivity index (χ1) is 19.8. The van der Waals surface area contributed by atoms with Gasteiger partial charge >= 0.3 is 7.37 Å². The van der Waals surface area contributed by atoms with Crippen LogP contribution in [0.15, 0.2) is 103 Å². The molecule has 1 atom stereocenters. The van der Waals surface area contributed by atoms with E-state index < -0.39 is 19.4 Å². The number of hydrogen-bond acceptors (Lipinski definition) is 6. The van der Waals surface area contributed by atoms with Crippen molar-refractivity contribution >= 4 is 35.5 Å². The van der Waals surface area contributed by atoms with Crippen LogP contribution >= 0.6 is 7.37 Å². The Morgan fingerprint density at radius 2 is 1.49 bits per heavy atom. The Morgan fingerprint density at radius 3 is 2.05 bits per heavy atom. The fraction of sp³-hybridized carbons (Fsp3) is 0.188. The number of carbonyl (C=O) groups is 2. The highest BCUT2D eigenvalue weighted by atomic mass is 31.2. The molecule has 0 saturated carbocycles. The van der Waals surface area contributed by atoms with Gasteiger partial charge in [-0.05, 0) is 73.5 Å². The van der Waals surface area contributed by atoms with Crippen LogP contribution in [0.2, 0.25) is 0 Å². The first-order valence-corrected chi connectivity index (χ1v) is 15.0. The molecule has 4 rings (SSSR count). The van der Waals surface area contributed by atoms with Crippen molar-refractivity contribution in [1.29, 1.82) is 0 Å². The van der Waals surface area contributed by atoms with E-state index in [1.807, 2.05) is 19.1 Å². The van der Waals surface area contributed by atoms with Crippen LogP contribution in [-0.4, -0.2) is 30.1 Å². The highest BCUT2D eigenvalue weighted by Gasteiger charge is 2.31. The Bertz CT molecular complexity index is 1470. The third-order valence-corrected chi connectivity index (χ3v) is 8.61. The number of amides is 2. The van der Waals surface area contributed by atoms with Crippen molar-refractivity contribution in [3.8, 4) is 11.5 Å². The van der Waals surface area contributed by atoms with Crippen LogP contribution in [0.5, 0.6) is 11.5 Å². The van der Waals surface area contributed by atoms with Gasteiger partial charge in [0.05, 0.1) is 22.4 Å². The van der Waals surface area contributed by atoms with E-state index in [4.69, 9.17) is 9.26 Å². The summed E-state index contributed by atoms with van der Waals surface area (Å²) < 4.78 is 26.4. The minimum atomic E-state index is -3.65. The lowest BCUT2D eigenvalue weighted by Gasteiger charge is -2.22. The fourth-order valence-electron chi connectivity index (χ4n) is 4.01. The molecular weight excluding hydrogens is 539 g/mol. The lowest BCUT2D eigenvalue weighted by molar-refractivity contribution is -0.118. The minimum Gasteiger partial charge on any atom is -0.484 e. The van der Waals surface area contributed by atoms with Crippen molar-refractivity contribution in [2.24, 2.45) is 0 Å². The molecule has 0 fully saturated rings. The summed E-state index contributed by atoms with van der Waals surface area (Å²) in [6.45, 7) is 3.78. The molecule has 4 aromatic rings. The monoisotopic (exact) mass is 572 g/mol. The number of benzene rings is 4. The van der Waals surface area contributed by atoms with E-state index in [1.54, 1.807) is 85.8 Å². The molecule has 0 saturated heterocycles. The third-order valence-electron chi connectivity index (χ3n) is 6.20. The van der Waals surface area contributed by atoms with Crippen molar-refractivity contribution < 1.29 is 28.5 Å². The number of ether oxygens (including phenoxy) is 1. The average molecular weight is 573 g/mol. The molecular formula is C32H33N2O6P. The zero-order chi connectivity index (χ0) is 29.2. The van der Waals surface area contributed by atoms with Crippen LogP contribution in [0.1, 0.15) is 42.3 Å². The van der Waals surface area contributed by atoms with E-state index in [0.717, 1.165) is 12.0 Å². The van der Waals surface area contributed by atoms with Crippen molar-refractivity contribution in [3.63, 3.8) is 0 Å². The molecule has 0 radical (unpaired) electrons. The Balaban J connectivity index is 1.63.